The number of hydrogen-bond donors (Lipinski definition) is 3. The Morgan fingerprint density at radius 3 is 2.41 bits per heavy atom. The zero-order valence-electron chi connectivity index (χ0n) is 15.8. The molecule has 0 spiro atoms. The van der Waals surface area contributed by atoms with Crippen molar-refractivity contribution in [2.45, 2.75) is 39.3 Å². The zero-order valence-corrected chi connectivity index (χ0v) is 15.8. The third-order valence-electron chi connectivity index (χ3n) is 3.94. The number of benzene rings is 1. The highest BCUT2D eigenvalue weighted by Gasteiger charge is 2.26. The van der Waals surface area contributed by atoms with Crippen LogP contribution in [0.2, 0.25) is 0 Å². The molecule has 1 aromatic heterocycles. The number of amides is 2. The fourth-order valence-electron chi connectivity index (χ4n) is 2.44. The molecule has 0 aliphatic carbocycles. The second kappa shape index (κ2) is 9.83. The van der Waals surface area contributed by atoms with Crippen molar-refractivity contribution >= 4 is 11.8 Å². The summed E-state index contributed by atoms with van der Waals surface area (Å²) in [7, 11) is 0. The number of pyridine rings is 1. The second-order valence-electron chi connectivity index (χ2n) is 6.81. The van der Waals surface area contributed by atoms with E-state index in [1.54, 1.807) is 18.7 Å². The van der Waals surface area contributed by atoms with Crippen LogP contribution in [-0.2, 0) is 4.79 Å². The summed E-state index contributed by atoms with van der Waals surface area (Å²) in [5, 5.41) is 15.1. The van der Waals surface area contributed by atoms with Gasteiger partial charge in [-0.1, -0.05) is 50.2 Å². The van der Waals surface area contributed by atoms with Crippen molar-refractivity contribution in [2.75, 3.05) is 0 Å². The van der Waals surface area contributed by atoms with E-state index in [-0.39, 0.29) is 5.69 Å². The van der Waals surface area contributed by atoms with Crippen LogP contribution in [0.3, 0.4) is 0 Å². The number of nitrogens with one attached hydrogen (secondary N) is 2. The molecule has 143 valence electrons. The molecule has 0 saturated carbocycles. The fourth-order valence-corrected chi connectivity index (χ4v) is 2.44. The van der Waals surface area contributed by atoms with Crippen molar-refractivity contribution in [1.29, 1.82) is 0 Å². The maximum Gasteiger partial charge on any atom is 0.270 e. The number of nitrogens with zero attached hydrogens (tertiary/aromatic N) is 1. The highest BCUT2D eigenvalue weighted by atomic mass is 16.3. The molecule has 1 aromatic carbocycles. The molecule has 0 saturated heterocycles. The first kappa shape index (κ1) is 20.6. The molecule has 1 radical (unpaired) electrons. The molecule has 3 N–H and O–H groups in total. The number of aromatic nitrogens is 1. The van der Waals surface area contributed by atoms with Crippen molar-refractivity contribution in [1.82, 2.24) is 15.6 Å². The van der Waals surface area contributed by atoms with Crippen molar-refractivity contribution in [3.05, 3.63) is 60.8 Å². The van der Waals surface area contributed by atoms with E-state index in [2.05, 4.69) is 15.6 Å². The van der Waals surface area contributed by atoms with Crippen molar-refractivity contribution in [2.24, 2.45) is 5.92 Å². The first-order valence-electron chi connectivity index (χ1n) is 9.02. The number of carbonyl (C=O) groups is 2. The summed E-state index contributed by atoms with van der Waals surface area (Å²) in [5.74, 6) is -0.578. The summed E-state index contributed by atoms with van der Waals surface area (Å²) in [6, 6.07) is 13.6. The Morgan fingerprint density at radius 1 is 1.07 bits per heavy atom. The van der Waals surface area contributed by atoms with Crippen LogP contribution < -0.4 is 10.6 Å². The van der Waals surface area contributed by atoms with Gasteiger partial charge in [0.25, 0.3) is 5.91 Å². The summed E-state index contributed by atoms with van der Waals surface area (Å²) < 4.78 is 0. The summed E-state index contributed by atoms with van der Waals surface area (Å²) in [6.07, 6.45) is -0.342. The minimum Gasteiger partial charge on any atom is -0.391 e. The highest BCUT2D eigenvalue weighted by molar-refractivity contribution is 5.96. The summed E-state index contributed by atoms with van der Waals surface area (Å²) in [6.45, 7) is 7.16. The second-order valence-corrected chi connectivity index (χ2v) is 6.81. The summed E-state index contributed by atoms with van der Waals surface area (Å²) >= 11 is 0. The standard InChI is InChI=1S/C21H26N3O3/c1-14(2)12-13-22-21(27)19(15(3)25)24-20(26)18-11-7-10-17(23-18)16-8-5-4-6-9-16/h4-11,13-15,19,25H,12H2,1-3H3,(H,22,27)(H,24,26)/t15-,19+/m1/s1. The van der Waals surface area contributed by atoms with Gasteiger partial charge < -0.3 is 15.7 Å². The molecule has 6 nitrogen and oxygen atoms in total. The first-order chi connectivity index (χ1) is 12.9. The van der Waals surface area contributed by atoms with E-state index in [9.17, 15) is 14.7 Å². The Labute approximate surface area is 160 Å². The SMILES string of the molecule is CC(C)C[CH]NC(=O)[C@@H](NC(=O)c1cccc(-c2ccccc2)n1)[C@@H](C)O. The minimum absolute atomic E-state index is 0.181. The number of rotatable bonds is 8. The van der Waals surface area contributed by atoms with Gasteiger partial charge in [-0.05, 0) is 31.4 Å². The summed E-state index contributed by atoms with van der Waals surface area (Å²) in [4.78, 5) is 29.2. The van der Waals surface area contributed by atoms with Gasteiger partial charge in [0.15, 0.2) is 0 Å². The summed E-state index contributed by atoms with van der Waals surface area (Å²) in [5.41, 5.74) is 1.73. The van der Waals surface area contributed by atoms with Crippen LogP contribution >= 0.6 is 0 Å². The maximum atomic E-state index is 12.6. The van der Waals surface area contributed by atoms with Crippen LogP contribution in [-0.4, -0.2) is 34.1 Å². The number of aliphatic hydroxyl groups excluding tert-OH is 1. The molecular weight excluding hydrogens is 342 g/mol. The largest absolute Gasteiger partial charge is 0.391 e. The van der Waals surface area contributed by atoms with E-state index in [1.165, 1.54) is 6.92 Å². The van der Waals surface area contributed by atoms with Gasteiger partial charge in [-0.2, -0.15) is 0 Å². The molecule has 1 heterocycles. The van der Waals surface area contributed by atoms with Crippen molar-refractivity contribution < 1.29 is 14.7 Å². The lowest BCUT2D eigenvalue weighted by Crippen LogP contribution is -2.52. The van der Waals surface area contributed by atoms with Gasteiger partial charge in [0.05, 0.1) is 11.8 Å². The lowest BCUT2D eigenvalue weighted by Gasteiger charge is -2.21. The van der Waals surface area contributed by atoms with E-state index in [4.69, 9.17) is 0 Å². The highest BCUT2D eigenvalue weighted by Crippen LogP contribution is 2.16. The molecule has 6 heteroatoms. The fraction of sp³-hybridized carbons (Fsp3) is 0.333. The molecule has 2 rings (SSSR count). The predicted octanol–water partition coefficient (Wildman–Crippen LogP) is 2.55. The quantitative estimate of drug-likeness (QED) is 0.668. The van der Waals surface area contributed by atoms with Crippen molar-refractivity contribution in [3.63, 3.8) is 0 Å². The minimum atomic E-state index is -1.07. The third-order valence-corrected chi connectivity index (χ3v) is 3.94. The molecule has 27 heavy (non-hydrogen) atoms. The number of hydrogen-bond acceptors (Lipinski definition) is 4. The van der Waals surface area contributed by atoms with Crippen LogP contribution in [0.5, 0.6) is 0 Å². The van der Waals surface area contributed by atoms with Gasteiger partial charge in [0.2, 0.25) is 5.91 Å². The third kappa shape index (κ3) is 6.18. The lowest BCUT2D eigenvalue weighted by molar-refractivity contribution is -0.124. The Balaban J connectivity index is 2.08. The lowest BCUT2D eigenvalue weighted by atomic mass is 10.1. The van der Waals surface area contributed by atoms with E-state index in [1.807, 2.05) is 50.2 Å². The topological polar surface area (TPSA) is 91.3 Å². The monoisotopic (exact) mass is 368 g/mol. The molecule has 2 amide bonds. The number of carbonyl (C=O) groups excluding carboxylic acids is 2. The van der Waals surface area contributed by atoms with Crippen LogP contribution in [0.1, 0.15) is 37.7 Å². The van der Waals surface area contributed by atoms with Gasteiger partial charge in [-0.3, -0.25) is 9.59 Å². The zero-order chi connectivity index (χ0) is 19.8. The van der Waals surface area contributed by atoms with E-state index < -0.39 is 24.0 Å². The average molecular weight is 368 g/mol. The van der Waals surface area contributed by atoms with E-state index in [0.29, 0.717) is 18.0 Å². The van der Waals surface area contributed by atoms with E-state index in [0.717, 1.165) is 5.56 Å². The Kier molecular flexibility index (Phi) is 7.49. The average Bonchev–Trinajstić information content (AvgIpc) is 2.66. The smallest absolute Gasteiger partial charge is 0.270 e. The Bertz CT molecular complexity index is 760. The Morgan fingerprint density at radius 2 is 1.78 bits per heavy atom. The molecule has 0 fully saturated rings. The predicted molar refractivity (Wildman–Crippen MR) is 105 cm³/mol. The van der Waals surface area contributed by atoms with Crippen LogP contribution in [0, 0.1) is 12.5 Å². The number of aliphatic hydroxyl groups is 1. The molecule has 0 unspecified atom stereocenters. The Hall–Kier alpha value is -2.73. The van der Waals surface area contributed by atoms with Crippen LogP contribution in [0.4, 0.5) is 0 Å². The molecule has 0 aliphatic rings. The van der Waals surface area contributed by atoms with Gasteiger partial charge >= 0.3 is 0 Å². The van der Waals surface area contributed by atoms with Gasteiger partial charge in [0.1, 0.15) is 11.7 Å². The van der Waals surface area contributed by atoms with E-state index >= 15 is 0 Å². The first-order valence-corrected chi connectivity index (χ1v) is 9.02. The normalized spacial score (nSPS) is 13.1. The van der Waals surface area contributed by atoms with Crippen LogP contribution in [0.15, 0.2) is 48.5 Å². The van der Waals surface area contributed by atoms with Gasteiger partial charge in [0, 0.05) is 12.1 Å². The molecule has 2 aromatic rings. The maximum absolute atomic E-state index is 12.6. The molecule has 2 atom stereocenters. The van der Waals surface area contributed by atoms with Crippen LogP contribution in [0.25, 0.3) is 11.3 Å². The van der Waals surface area contributed by atoms with Gasteiger partial charge in [-0.25, -0.2) is 4.98 Å². The molecule has 0 bridgehead atoms. The molecular formula is C21H26N3O3. The van der Waals surface area contributed by atoms with Crippen molar-refractivity contribution in [3.8, 4) is 11.3 Å². The van der Waals surface area contributed by atoms with Gasteiger partial charge in [-0.15, -0.1) is 0 Å². The molecule has 0 aliphatic heterocycles.